The van der Waals surface area contributed by atoms with Gasteiger partial charge in [-0.2, -0.15) is 4.31 Å². The molecule has 0 N–H and O–H groups in total. The normalized spacial score (nSPS) is 10.7. The van der Waals surface area contributed by atoms with E-state index in [0.717, 1.165) is 9.87 Å². The van der Waals surface area contributed by atoms with Gasteiger partial charge < -0.3 is 0 Å². The molecule has 25 heavy (non-hydrogen) atoms. The molecular weight excluding hydrogens is 338 g/mol. The van der Waals surface area contributed by atoms with E-state index in [9.17, 15) is 18.0 Å². The van der Waals surface area contributed by atoms with E-state index in [-0.39, 0.29) is 40.7 Å². The number of carbonyl (C=O) groups excluding carboxylic acids is 2. The summed E-state index contributed by atoms with van der Waals surface area (Å²) in [6.45, 7) is 10.8. The highest BCUT2D eigenvalue weighted by atomic mass is 32.2. The maximum absolute atomic E-state index is 13.0. The van der Waals surface area contributed by atoms with Crippen molar-refractivity contribution in [3.63, 3.8) is 0 Å². The molecule has 0 amide bonds. The van der Waals surface area contributed by atoms with Gasteiger partial charge in [-0.15, -0.1) is 11.5 Å². The van der Waals surface area contributed by atoms with Crippen LogP contribution in [0.2, 0.25) is 0 Å². The summed E-state index contributed by atoms with van der Waals surface area (Å²) in [6.07, 6.45) is 0. The molecular formula is C19H21NO4S. The molecule has 6 heteroatoms. The highest BCUT2D eigenvalue weighted by Gasteiger charge is 2.28. The molecule has 0 aromatic heterocycles. The second-order valence-corrected chi connectivity index (χ2v) is 7.45. The zero-order valence-electron chi connectivity index (χ0n) is 14.6. The molecule has 132 valence electrons. The number of rotatable bonds is 8. The summed E-state index contributed by atoms with van der Waals surface area (Å²) in [5.41, 5.74) is 6.07. The first-order valence-corrected chi connectivity index (χ1v) is 8.94. The van der Waals surface area contributed by atoms with Crippen LogP contribution in [0.1, 0.15) is 19.4 Å². The van der Waals surface area contributed by atoms with Crippen LogP contribution >= 0.6 is 0 Å². The van der Waals surface area contributed by atoms with Gasteiger partial charge in [0.1, 0.15) is 0 Å². The van der Waals surface area contributed by atoms with E-state index in [2.05, 4.69) is 24.6 Å². The quantitative estimate of drug-likeness (QED) is 0.528. The molecule has 0 aliphatic carbocycles. The SMILES string of the molecule is C=C=C(CN(CC(=C=C)C(C)=O)S(=O)(=O)c1ccc(C)cc1)C(C)=O. The van der Waals surface area contributed by atoms with E-state index >= 15 is 0 Å². The topological polar surface area (TPSA) is 71.5 Å². The lowest BCUT2D eigenvalue weighted by atomic mass is 10.1. The summed E-state index contributed by atoms with van der Waals surface area (Å²) in [5.74, 6) is -0.683. The van der Waals surface area contributed by atoms with Crippen molar-refractivity contribution in [2.45, 2.75) is 25.7 Å². The molecule has 0 aliphatic rings. The van der Waals surface area contributed by atoms with E-state index in [1.807, 2.05) is 6.92 Å². The summed E-state index contributed by atoms with van der Waals surface area (Å²) < 4.78 is 27.0. The summed E-state index contributed by atoms with van der Waals surface area (Å²) >= 11 is 0. The lowest BCUT2D eigenvalue weighted by molar-refractivity contribution is -0.114. The molecule has 0 aliphatic heterocycles. The Hall–Kier alpha value is -2.49. The van der Waals surface area contributed by atoms with E-state index in [1.54, 1.807) is 12.1 Å². The van der Waals surface area contributed by atoms with Crippen LogP contribution in [0.15, 0.2) is 64.9 Å². The van der Waals surface area contributed by atoms with Crippen LogP contribution in [0.3, 0.4) is 0 Å². The maximum Gasteiger partial charge on any atom is 0.243 e. The number of carbonyl (C=O) groups is 2. The standard InChI is InChI=1S/C19H21NO4S/c1-6-17(15(4)21)12-20(13-18(7-2)16(5)22)25(23,24)19-10-8-14(3)9-11-19/h8-11H,1-2,12-13H2,3-5H3. The molecule has 0 saturated heterocycles. The molecule has 0 heterocycles. The van der Waals surface area contributed by atoms with Crippen LogP contribution in [0.25, 0.3) is 0 Å². The summed E-state index contributed by atoms with van der Waals surface area (Å²) in [6, 6.07) is 6.31. The Bertz CT molecular complexity index is 844. The molecule has 1 rings (SSSR count). The number of hydrogen-bond donors (Lipinski definition) is 0. The zero-order chi connectivity index (χ0) is 19.2. The monoisotopic (exact) mass is 359 g/mol. The number of benzene rings is 1. The summed E-state index contributed by atoms with van der Waals surface area (Å²) in [4.78, 5) is 23.4. The van der Waals surface area contributed by atoms with Gasteiger partial charge in [0.2, 0.25) is 10.0 Å². The largest absolute Gasteiger partial charge is 0.294 e. The van der Waals surface area contributed by atoms with Crippen LogP contribution < -0.4 is 0 Å². The van der Waals surface area contributed by atoms with E-state index < -0.39 is 10.0 Å². The highest BCUT2D eigenvalue weighted by molar-refractivity contribution is 7.89. The van der Waals surface area contributed by atoms with E-state index in [0.29, 0.717) is 0 Å². The third-order valence-corrected chi connectivity index (χ3v) is 5.41. The molecule has 0 radical (unpaired) electrons. The van der Waals surface area contributed by atoms with Crippen molar-refractivity contribution < 1.29 is 18.0 Å². The smallest absolute Gasteiger partial charge is 0.243 e. The molecule has 0 fully saturated rings. The van der Waals surface area contributed by atoms with Crippen LogP contribution in [0, 0.1) is 6.92 Å². The predicted octanol–water partition coefficient (Wildman–Crippen LogP) is 2.59. The minimum atomic E-state index is -3.94. The van der Waals surface area contributed by atoms with Crippen molar-refractivity contribution in [1.29, 1.82) is 0 Å². The Balaban J connectivity index is 3.40. The zero-order valence-corrected chi connectivity index (χ0v) is 15.4. The Morgan fingerprint density at radius 2 is 1.36 bits per heavy atom. The fourth-order valence-electron chi connectivity index (χ4n) is 2.02. The first kappa shape index (κ1) is 20.6. The van der Waals surface area contributed by atoms with E-state index in [4.69, 9.17) is 0 Å². The van der Waals surface area contributed by atoms with Crippen molar-refractivity contribution in [3.05, 3.63) is 65.6 Å². The van der Waals surface area contributed by atoms with Gasteiger partial charge in [-0.25, -0.2) is 8.42 Å². The number of ketones is 2. The number of sulfonamides is 1. The number of nitrogens with zero attached hydrogens (tertiary/aromatic N) is 1. The first-order chi connectivity index (χ1) is 11.6. The van der Waals surface area contributed by atoms with Crippen molar-refractivity contribution in [2.24, 2.45) is 0 Å². The number of aryl methyl sites for hydroxylation is 1. The molecule has 0 spiro atoms. The average molecular weight is 359 g/mol. The Kier molecular flexibility index (Phi) is 7.04. The Labute approximate surface area is 148 Å². The van der Waals surface area contributed by atoms with Gasteiger partial charge >= 0.3 is 0 Å². The lowest BCUT2D eigenvalue weighted by Gasteiger charge is -2.22. The van der Waals surface area contributed by atoms with Crippen molar-refractivity contribution >= 4 is 21.6 Å². The number of Topliss-reactive ketones (excluding diaryl/α,β-unsaturated/α-hetero) is 2. The summed E-state index contributed by atoms with van der Waals surface area (Å²) in [7, 11) is -3.94. The van der Waals surface area contributed by atoms with Crippen LogP contribution in [0.4, 0.5) is 0 Å². The van der Waals surface area contributed by atoms with E-state index in [1.165, 1.54) is 26.0 Å². The van der Waals surface area contributed by atoms with Crippen molar-refractivity contribution in [2.75, 3.05) is 13.1 Å². The van der Waals surface area contributed by atoms with Crippen LogP contribution in [0.5, 0.6) is 0 Å². The molecule has 0 unspecified atom stereocenters. The van der Waals surface area contributed by atoms with Gasteiger partial charge in [0.25, 0.3) is 0 Å². The third kappa shape index (κ3) is 5.24. The fraction of sp³-hybridized carbons (Fsp3) is 0.263. The third-order valence-electron chi connectivity index (χ3n) is 3.60. The maximum atomic E-state index is 13.0. The molecule has 1 aromatic rings. The Morgan fingerprint density at radius 1 is 0.960 bits per heavy atom. The van der Waals surface area contributed by atoms with Crippen LogP contribution in [-0.2, 0) is 19.6 Å². The lowest BCUT2D eigenvalue weighted by Crippen LogP contribution is -2.36. The van der Waals surface area contributed by atoms with Crippen molar-refractivity contribution in [1.82, 2.24) is 4.31 Å². The van der Waals surface area contributed by atoms with Gasteiger partial charge in [-0.1, -0.05) is 30.9 Å². The minimum absolute atomic E-state index is 0.0667. The Morgan fingerprint density at radius 3 is 1.68 bits per heavy atom. The molecule has 0 atom stereocenters. The van der Waals surface area contributed by atoms with Gasteiger partial charge in [0.15, 0.2) is 11.6 Å². The van der Waals surface area contributed by atoms with Gasteiger partial charge in [-0.05, 0) is 32.9 Å². The average Bonchev–Trinajstić information content (AvgIpc) is 2.54. The fourth-order valence-corrected chi connectivity index (χ4v) is 3.40. The molecule has 1 aromatic carbocycles. The molecule has 0 bridgehead atoms. The number of hydrogen-bond acceptors (Lipinski definition) is 4. The second-order valence-electron chi connectivity index (χ2n) is 5.51. The first-order valence-electron chi connectivity index (χ1n) is 7.50. The van der Waals surface area contributed by atoms with Gasteiger partial charge in [0.05, 0.1) is 29.1 Å². The van der Waals surface area contributed by atoms with Gasteiger partial charge in [-0.3, -0.25) is 9.59 Å². The minimum Gasteiger partial charge on any atom is -0.294 e. The van der Waals surface area contributed by atoms with Crippen molar-refractivity contribution in [3.8, 4) is 0 Å². The molecule has 5 nitrogen and oxygen atoms in total. The second kappa shape index (κ2) is 8.56. The van der Waals surface area contributed by atoms with Gasteiger partial charge in [0, 0.05) is 0 Å². The highest BCUT2D eigenvalue weighted by Crippen LogP contribution is 2.19. The van der Waals surface area contributed by atoms with Crippen LogP contribution in [-0.4, -0.2) is 37.4 Å². The molecule has 0 saturated carbocycles. The summed E-state index contributed by atoms with van der Waals surface area (Å²) in [5, 5.41) is 0. The predicted molar refractivity (Wildman–Crippen MR) is 96.6 cm³/mol.